The fourth-order valence-corrected chi connectivity index (χ4v) is 1.60. The highest BCUT2D eigenvalue weighted by Gasteiger charge is 2.00. The minimum atomic E-state index is 1.07. The highest BCUT2D eigenvalue weighted by atomic mass is 32.1. The molecule has 0 aliphatic heterocycles. The van der Waals surface area contributed by atoms with E-state index in [1.165, 1.54) is 16.7 Å². The van der Waals surface area contributed by atoms with Gasteiger partial charge in [-0.3, -0.25) is 0 Å². The third-order valence-corrected chi connectivity index (χ3v) is 2.54. The van der Waals surface area contributed by atoms with Crippen molar-refractivity contribution in [1.82, 2.24) is 0 Å². The smallest absolute Gasteiger partial charge is 0.0101 e. The van der Waals surface area contributed by atoms with Crippen LogP contribution >= 0.6 is 12.6 Å². The summed E-state index contributed by atoms with van der Waals surface area (Å²) in [5.41, 5.74) is 3.97. The van der Waals surface area contributed by atoms with Crippen molar-refractivity contribution in [1.29, 1.82) is 0 Å². The summed E-state index contributed by atoms with van der Waals surface area (Å²) in [7, 11) is 0. The Hall–Kier alpha value is -0.430. The van der Waals surface area contributed by atoms with Crippen LogP contribution in [-0.4, -0.2) is 0 Å². The molecular weight excluding hydrogens is 152 g/mol. The van der Waals surface area contributed by atoms with Gasteiger partial charge in [0.2, 0.25) is 0 Å². The van der Waals surface area contributed by atoms with Gasteiger partial charge in [0.1, 0.15) is 0 Å². The molecule has 0 spiro atoms. The van der Waals surface area contributed by atoms with Crippen molar-refractivity contribution in [2.24, 2.45) is 0 Å². The van der Waals surface area contributed by atoms with Crippen molar-refractivity contribution in [3.8, 4) is 0 Å². The molecule has 0 aliphatic rings. The highest BCUT2D eigenvalue weighted by Crippen LogP contribution is 2.20. The van der Waals surface area contributed by atoms with Crippen LogP contribution in [0.25, 0.3) is 0 Å². The maximum absolute atomic E-state index is 4.44. The van der Waals surface area contributed by atoms with Crippen molar-refractivity contribution in [3.63, 3.8) is 0 Å². The minimum absolute atomic E-state index is 1.07. The molecule has 0 saturated carbocycles. The van der Waals surface area contributed by atoms with Gasteiger partial charge >= 0.3 is 0 Å². The molecule has 0 saturated heterocycles. The van der Waals surface area contributed by atoms with E-state index >= 15 is 0 Å². The SMILES string of the molecule is CCc1cc(C)cc(C)c1S. The van der Waals surface area contributed by atoms with Crippen LogP contribution in [0.5, 0.6) is 0 Å². The molecule has 1 rings (SSSR count). The quantitative estimate of drug-likeness (QED) is 0.609. The zero-order valence-electron chi connectivity index (χ0n) is 7.31. The molecule has 0 aliphatic carbocycles. The number of benzene rings is 1. The molecule has 0 N–H and O–H groups in total. The Kier molecular flexibility index (Phi) is 2.61. The summed E-state index contributed by atoms with van der Waals surface area (Å²) in [4.78, 5) is 1.15. The first kappa shape index (κ1) is 8.66. The fraction of sp³-hybridized carbons (Fsp3) is 0.400. The van der Waals surface area contributed by atoms with E-state index in [0.717, 1.165) is 11.3 Å². The molecule has 1 aromatic carbocycles. The molecule has 60 valence electrons. The van der Waals surface area contributed by atoms with E-state index in [0.29, 0.717) is 0 Å². The first-order valence-corrected chi connectivity index (χ1v) is 4.39. The Bertz CT molecular complexity index is 264. The van der Waals surface area contributed by atoms with Gasteiger partial charge in [0.25, 0.3) is 0 Å². The Labute approximate surface area is 74.0 Å². The minimum Gasteiger partial charge on any atom is -0.143 e. The monoisotopic (exact) mass is 166 g/mol. The molecule has 0 aromatic heterocycles. The molecule has 0 heterocycles. The second-order valence-electron chi connectivity index (χ2n) is 2.94. The molecule has 0 unspecified atom stereocenters. The highest BCUT2D eigenvalue weighted by molar-refractivity contribution is 7.80. The number of hydrogen-bond acceptors (Lipinski definition) is 1. The van der Waals surface area contributed by atoms with Crippen LogP contribution in [0.1, 0.15) is 23.6 Å². The summed E-state index contributed by atoms with van der Waals surface area (Å²) in [5.74, 6) is 0. The maximum atomic E-state index is 4.44. The van der Waals surface area contributed by atoms with Crippen molar-refractivity contribution in [3.05, 3.63) is 28.8 Å². The van der Waals surface area contributed by atoms with Gasteiger partial charge in [-0.1, -0.05) is 24.6 Å². The summed E-state index contributed by atoms with van der Waals surface area (Å²) < 4.78 is 0. The Morgan fingerprint density at radius 2 is 1.91 bits per heavy atom. The number of hydrogen-bond donors (Lipinski definition) is 1. The van der Waals surface area contributed by atoms with Crippen LogP contribution in [-0.2, 0) is 6.42 Å². The third-order valence-electron chi connectivity index (χ3n) is 1.90. The maximum Gasteiger partial charge on any atom is 0.0101 e. The molecule has 1 aromatic rings. The molecule has 0 amide bonds. The molecule has 0 fully saturated rings. The van der Waals surface area contributed by atoms with Crippen molar-refractivity contribution < 1.29 is 0 Å². The molecule has 11 heavy (non-hydrogen) atoms. The Morgan fingerprint density at radius 3 is 2.45 bits per heavy atom. The van der Waals surface area contributed by atoms with Gasteiger partial charge in [0.05, 0.1) is 0 Å². The van der Waals surface area contributed by atoms with Crippen molar-refractivity contribution in [2.75, 3.05) is 0 Å². The summed E-state index contributed by atoms with van der Waals surface area (Å²) in [6, 6.07) is 4.37. The van der Waals surface area contributed by atoms with Crippen LogP contribution in [0.3, 0.4) is 0 Å². The van der Waals surface area contributed by atoms with E-state index in [-0.39, 0.29) is 0 Å². The zero-order valence-corrected chi connectivity index (χ0v) is 8.20. The average Bonchev–Trinajstić information content (AvgIpc) is 1.96. The molecule has 0 bridgehead atoms. The lowest BCUT2D eigenvalue weighted by Gasteiger charge is -2.06. The van der Waals surface area contributed by atoms with E-state index < -0.39 is 0 Å². The zero-order chi connectivity index (χ0) is 8.43. The molecular formula is C10H14S. The second kappa shape index (κ2) is 3.31. The summed E-state index contributed by atoms with van der Waals surface area (Å²) in [5, 5.41) is 0. The van der Waals surface area contributed by atoms with Crippen LogP contribution in [0.2, 0.25) is 0 Å². The lowest BCUT2D eigenvalue weighted by molar-refractivity contribution is 1.05. The van der Waals surface area contributed by atoms with Gasteiger partial charge in [-0.25, -0.2) is 0 Å². The first-order chi connectivity index (χ1) is 5.15. The number of rotatable bonds is 1. The van der Waals surface area contributed by atoms with Crippen molar-refractivity contribution >= 4 is 12.6 Å². The van der Waals surface area contributed by atoms with Crippen LogP contribution in [0.15, 0.2) is 17.0 Å². The Morgan fingerprint density at radius 1 is 1.27 bits per heavy atom. The summed E-state index contributed by atoms with van der Waals surface area (Å²) in [6.45, 7) is 6.39. The number of aryl methyl sites for hydroxylation is 3. The molecule has 0 nitrogen and oxygen atoms in total. The van der Waals surface area contributed by atoms with Crippen LogP contribution < -0.4 is 0 Å². The first-order valence-electron chi connectivity index (χ1n) is 3.94. The van der Waals surface area contributed by atoms with E-state index in [9.17, 15) is 0 Å². The van der Waals surface area contributed by atoms with Crippen LogP contribution in [0.4, 0.5) is 0 Å². The van der Waals surface area contributed by atoms with E-state index in [4.69, 9.17) is 0 Å². The summed E-state index contributed by atoms with van der Waals surface area (Å²) in [6.07, 6.45) is 1.07. The predicted octanol–water partition coefficient (Wildman–Crippen LogP) is 3.15. The normalized spacial score (nSPS) is 10.2. The third kappa shape index (κ3) is 1.78. The van der Waals surface area contributed by atoms with E-state index in [1.807, 2.05) is 0 Å². The second-order valence-corrected chi connectivity index (χ2v) is 3.39. The molecule has 0 atom stereocenters. The van der Waals surface area contributed by atoms with Gasteiger partial charge in [-0.15, -0.1) is 12.6 Å². The van der Waals surface area contributed by atoms with Crippen LogP contribution in [0, 0.1) is 13.8 Å². The molecule has 0 radical (unpaired) electrons. The topological polar surface area (TPSA) is 0 Å². The fourth-order valence-electron chi connectivity index (χ4n) is 1.32. The van der Waals surface area contributed by atoms with Gasteiger partial charge in [-0.2, -0.15) is 0 Å². The lowest BCUT2D eigenvalue weighted by Crippen LogP contribution is -1.88. The largest absolute Gasteiger partial charge is 0.143 e. The average molecular weight is 166 g/mol. The standard InChI is InChI=1S/C10H14S/c1-4-9-6-7(2)5-8(3)10(9)11/h5-6,11H,4H2,1-3H3. The van der Waals surface area contributed by atoms with Gasteiger partial charge in [0, 0.05) is 4.90 Å². The van der Waals surface area contributed by atoms with Gasteiger partial charge in [0.15, 0.2) is 0 Å². The van der Waals surface area contributed by atoms with Crippen molar-refractivity contribution in [2.45, 2.75) is 32.1 Å². The molecule has 1 heteroatoms. The van der Waals surface area contributed by atoms with E-state index in [1.54, 1.807) is 0 Å². The Balaban J connectivity index is 3.24. The van der Waals surface area contributed by atoms with Gasteiger partial charge < -0.3 is 0 Å². The number of thiol groups is 1. The van der Waals surface area contributed by atoms with Gasteiger partial charge in [-0.05, 0) is 31.4 Å². The predicted molar refractivity (Wildman–Crippen MR) is 52.5 cm³/mol. The van der Waals surface area contributed by atoms with E-state index in [2.05, 4.69) is 45.5 Å². The lowest BCUT2D eigenvalue weighted by atomic mass is 10.1. The summed E-state index contributed by atoms with van der Waals surface area (Å²) >= 11 is 4.44.